The molecule has 118 valence electrons. The molecule has 0 aliphatic heterocycles. The quantitative estimate of drug-likeness (QED) is 0.575. The van der Waals surface area contributed by atoms with Crippen molar-refractivity contribution in [2.24, 2.45) is 5.73 Å². The van der Waals surface area contributed by atoms with Gasteiger partial charge in [-0.05, 0) is 25.0 Å². The first kappa shape index (κ1) is 26.1. The predicted octanol–water partition coefficient (Wildman–Crippen LogP) is -2.41. The Morgan fingerprint density at radius 2 is 1.77 bits per heavy atom. The van der Waals surface area contributed by atoms with E-state index in [4.69, 9.17) is 10.8 Å². The molecule has 0 saturated heterocycles. The first-order chi connectivity index (χ1) is 9.84. The van der Waals surface area contributed by atoms with Gasteiger partial charge in [-0.25, -0.2) is 0 Å². The molecule has 22 heavy (non-hydrogen) atoms. The molecule has 0 bridgehead atoms. The first-order valence-electron chi connectivity index (χ1n) is 6.46. The SMILES string of the molecule is CCCC(=O)O.CCCC(=O)[O-].NC(=O)c1cccnc1.[K+]. The molecule has 0 unspecified atom stereocenters. The molecule has 0 aromatic carbocycles. The molecule has 1 rings (SSSR count). The van der Waals surface area contributed by atoms with E-state index in [1.807, 2.05) is 6.92 Å². The molecule has 7 nitrogen and oxygen atoms in total. The number of nitrogens with zero attached hydrogens (tertiary/aromatic N) is 1. The largest absolute Gasteiger partial charge is 1.00 e. The van der Waals surface area contributed by atoms with Crippen LogP contribution >= 0.6 is 0 Å². The number of hydrogen-bond donors (Lipinski definition) is 2. The summed E-state index contributed by atoms with van der Waals surface area (Å²) in [6.45, 7) is 3.64. The summed E-state index contributed by atoms with van der Waals surface area (Å²) >= 11 is 0. The van der Waals surface area contributed by atoms with Gasteiger partial charge in [0.05, 0.1) is 5.56 Å². The van der Waals surface area contributed by atoms with Crippen LogP contribution in [0, 0.1) is 0 Å². The van der Waals surface area contributed by atoms with Crippen molar-refractivity contribution in [2.75, 3.05) is 0 Å². The third-order valence-electron chi connectivity index (χ3n) is 1.86. The number of carboxylic acids is 2. The zero-order chi connectivity index (χ0) is 16.7. The van der Waals surface area contributed by atoms with Crippen molar-refractivity contribution < 1.29 is 76.0 Å². The van der Waals surface area contributed by atoms with E-state index in [0.717, 1.165) is 6.42 Å². The topological polar surface area (TPSA) is 133 Å². The Morgan fingerprint density at radius 1 is 1.23 bits per heavy atom. The van der Waals surface area contributed by atoms with E-state index in [-0.39, 0.29) is 57.8 Å². The molecule has 0 fully saturated rings. The number of carbonyl (C=O) groups excluding carboxylic acids is 2. The smallest absolute Gasteiger partial charge is 0.550 e. The number of hydrogen-bond acceptors (Lipinski definition) is 5. The fourth-order valence-corrected chi connectivity index (χ4v) is 0.927. The molecule has 8 heteroatoms. The second-order valence-electron chi connectivity index (χ2n) is 3.87. The maximum Gasteiger partial charge on any atom is 1.00 e. The van der Waals surface area contributed by atoms with Crippen LogP contribution in [0.2, 0.25) is 0 Å². The summed E-state index contributed by atoms with van der Waals surface area (Å²) < 4.78 is 0. The van der Waals surface area contributed by atoms with Crippen LogP contribution in [0.15, 0.2) is 24.5 Å². The Morgan fingerprint density at radius 3 is 1.91 bits per heavy atom. The Balaban J connectivity index is -0.000000250. The van der Waals surface area contributed by atoms with E-state index in [1.165, 1.54) is 6.20 Å². The second kappa shape index (κ2) is 18.2. The molecular formula is C14H21KN2O5. The molecule has 1 aromatic heterocycles. The number of nitrogens with two attached hydrogens (primary N) is 1. The minimum absolute atomic E-state index is 0. The van der Waals surface area contributed by atoms with Crippen LogP contribution in [-0.4, -0.2) is 27.9 Å². The summed E-state index contributed by atoms with van der Waals surface area (Å²) in [7, 11) is 0. The number of carbonyl (C=O) groups is 3. The van der Waals surface area contributed by atoms with Crippen LogP contribution in [0.3, 0.4) is 0 Å². The predicted molar refractivity (Wildman–Crippen MR) is 75.2 cm³/mol. The van der Waals surface area contributed by atoms with Crippen LogP contribution in [0.5, 0.6) is 0 Å². The van der Waals surface area contributed by atoms with Crippen molar-refractivity contribution in [2.45, 2.75) is 39.5 Å². The van der Waals surface area contributed by atoms with Crippen molar-refractivity contribution in [3.05, 3.63) is 30.1 Å². The van der Waals surface area contributed by atoms with Gasteiger partial charge in [0.25, 0.3) is 0 Å². The van der Waals surface area contributed by atoms with E-state index in [1.54, 1.807) is 25.3 Å². The summed E-state index contributed by atoms with van der Waals surface area (Å²) in [5.74, 6) is -2.11. The monoisotopic (exact) mass is 336 g/mol. The number of amides is 1. The number of aromatic nitrogens is 1. The van der Waals surface area contributed by atoms with Crippen molar-refractivity contribution in [3.8, 4) is 0 Å². The maximum absolute atomic E-state index is 10.4. The van der Waals surface area contributed by atoms with E-state index in [9.17, 15) is 19.5 Å². The van der Waals surface area contributed by atoms with Crippen molar-refractivity contribution >= 4 is 17.8 Å². The Bertz CT molecular complexity index is 411. The fraction of sp³-hybridized carbons (Fsp3) is 0.429. The normalized spacial score (nSPS) is 8.09. The molecule has 0 aliphatic rings. The third-order valence-corrected chi connectivity index (χ3v) is 1.86. The molecule has 1 heterocycles. The number of rotatable bonds is 5. The van der Waals surface area contributed by atoms with E-state index in [0.29, 0.717) is 18.4 Å². The van der Waals surface area contributed by atoms with Gasteiger partial charge in [-0.2, -0.15) is 0 Å². The number of pyridine rings is 1. The van der Waals surface area contributed by atoms with E-state index >= 15 is 0 Å². The zero-order valence-electron chi connectivity index (χ0n) is 13.2. The van der Waals surface area contributed by atoms with Crippen LogP contribution in [-0.2, 0) is 9.59 Å². The molecule has 0 saturated carbocycles. The maximum atomic E-state index is 10.4. The van der Waals surface area contributed by atoms with Crippen molar-refractivity contribution in [1.29, 1.82) is 0 Å². The Kier molecular flexibility index (Phi) is 21.7. The zero-order valence-corrected chi connectivity index (χ0v) is 16.4. The third kappa shape index (κ3) is 21.5. The first-order valence-corrected chi connectivity index (χ1v) is 6.46. The Hall–Kier alpha value is -0.804. The van der Waals surface area contributed by atoms with Gasteiger partial charge in [0.15, 0.2) is 0 Å². The summed E-state index contributed by atoms with van der Waals surface area (Å²) in [5.41, 5.74) is 5.38. The number of aliphatic carboxylic acids is 2. The molecule has 1 aromatic rings. The van der Waals surface area contributed by atoms with Crippen LogP contribution in [0.1, 0.15) is 49.9 Å². The van der Waals surface area contributed by atoms with Crippen LogP contribution in [0.25, 0.3) is 0 Å². The van der Waals surface area contributed by atoms with Gasteiger partial charge in [0.2, 0.25) is 5.91 Å². The van der Waals surface area contributed by atoms with Crippen LogP contribution < -0.4 is 62.2 Å². The standard InChI is InChI=1S/C6H6N2O.2C4H8O2.K/c7-6(9)5-2-1-3-8-4-5;2*1-2-3-4(5)6;/h1-4H,(H2,7,9);2*2-3H2,1H3,(H,5,6);/q;;;+1/p-1. The molecule has 0 aliphatic carbocycles. The summed E-state index contributed by atoms with van der Waals surface area (Å²) in [5, 5.41) is 17.4. The van der Waals surface area contributed by atoms with Gasteiger partial charge >= 0.3 is 57.4 Å². The molecule has 0 spiro atoms. The number of carboxylic acid groups (broad SMARTS) is 2. The summed E-state index contributed by atoms with van der Waals surface area (Å²) in [6, 6.07) is 3.29. The summed E-state index contributed by atoms with van der Waals surface area (Å²) in [6.07, 6.45) is 4.90. The average molecular weight is 336 g/mol. The van der Waals surface area contributed by atoms with Gasteiger partial charge in [-0.3, -0.25) is 14.6 Å². The minimum Gasteiger partial charge on any atom is -0.550 e. The van der Waals surface area contributed by atoms with Crippen molar-refractivity contribution in [1.82, 2.24) is 4.98 Å². The molecule has 1 amide bonds. The van der Waals surface area contributed by atoms with E-state index < -0.39 is 17.8 Å². The van der Waals surface area contributed by atoms with Crippen LogP contribution in [0.4, 0.5) is 0 Å². The second-order valence-corrected chi connectivity index (χ2v) is 3.87. The number of primary amides is 1. The van der Waals surface area contributed by atoms with Crippen molar-refractivity contribution in [3.63, 3.8) is 0 Å². The average Bonchev–Trinajstić information content (AvgIpc) is 2.40. The van der Waals surface area contributed by atoms with E-state index in [2.05, 4.69) is 4.98 Å². The molecular weight excluding hydrogens is 315 g/mol. The molecule has 3 N–H and O–H groups in total. The molecule has 0 atom stereocenters. The summed E-state index contributed by atoms with van der Waals surface area (Å²) in [4.78, 5) is 33.2. The Labute approximate surface area is 172 Å². The van der Waals surface area contributed by atoms with Gasteiger partial charge < -0.3 is 20.7 Å². The fourth-order valence-electron chi connectivity index (χ4n) is 0.927. The molecule has 0 radical (unpaired) electrons. The van der Waals surface area contributed by atoms with Gasteiger partial charge in [0.1, 0.15) is 0 Å². The van der Waals surface area contributed by atoms with Gasteiger partial charge in [-0.15, -0.1) is 0 Å². The van der Waals surface area contributed by atoms with Gasteiger partial charge in [-0.1, -0.05) is 20.3 Å². The van der Waals surface area contributed by atoms with Gasteiger partial charge in [0, 0.05) is 24.8 Å². The minimum atomic E-state index is -0.961.